The second-order valence-electron chi connectivity index (χ2n) is 6.15. The molecular weight excluding hydrogens is 406 g/mol. The van der Waals surface area contributed by atoms with Gasteiger partial charge in [0, 0.05) is 25.1 Å². The fourth-order valence-electron chi connectivity index (χ4n) is 2.62. The highest BCUT2D eigenvalue weighted by Gasteiger charge is 2.19. The molecular formula is C19H22F2N2O5S. The third kappa shape index (κ3) is 6.05. The minimum Gasteiger partial charge on any atom is -0.497 e. The molecule has 0 aromatic heterocycles. The summed E-state index contributed by atoms with van der Waals surface area (Å²) in [5.74, 6) is -1.60. The number of carbonyl (C=O) groups excluding carboxylic acids is 1. The molecule has 158 valence electrons. The molecule has 0 spiro atoms. The number of hydrogen-bond acceptors (Lipinski definition) is 5. The second-order valence-corrected chi connectivity index (χ2v) is 8.06. The SMILES string of the molecule is COc1ccc(NC(=O)CCCN(c2ccc(F)c(F)c2)S(C)(=O)=O)c(OC)c1. The minimum atomic E-state index is -3.74. The van der Waals surface area contributed by atoms with Crippen molar-refractivity contribution in [2.75, 3.05) is 36.6 Å². The number of rotatable bonds is 9. The lowest BCUT2D eigenvalue weighted by atomic mass is 10.2. The quantitative estimate of drug-likeness (QED) is 0.663. The zero-order chi connectivity index (χ0) is 21.6. The van der Waals surface area contributed by atoms with E-state index in [0.717, 1.165) is 22.7 Å². The molecule has 0 radical (unpaired) electrons. The molecule has 0 saturated carbocycles. The van der Waals surface area contributed by atoms with E-state index in [1.807, 2.05) is 0 Å². The summed E-state index contributed by atoms with van der Waals surface area (Å²) in [4.78, 5) is 12.2. The van der Waals surface area contributed by atoms with Gasteiger partial charge in [0.05, 0.1) is 31.9 Å². The van der Waals surface area contributed by atoms with Gasteiger partial charge in [-0.3, -0.25) is 9.10 Å². The number of hydrogen-bond donors (Lipinski definition) is 1. The maximum Gasteiger partial charge on any atom is 0.232 e. The number of benzene rings is 2. The van der Waals surface area contributed by atoms with Gasteiger partial charge in [0.25, 0.3) is 0 Å². The van der Waals surface area contributed by atoms with Gasteiger partial charge >= 0.3 is 0 Å². The summed E-state index contributed by atoms with van der Waals surface area (Å²) in [7, 11) is -0.782. The largest absolute Gasteiger partial charge is 0.497 e. The first-order valence-electron chi connectivity index (χ1n) is 8.60. The third-order valence-corrected chi connectivity index (χ3v) is 5.23. The minimum absolute atomic E-state index is 0.00484. The molecule has 0 heterocycles. The van der Waals surface area contributed by atoms with Crippen LogP contribution in [-0.2, 0) is 14.8 Å². The zero-order valence-electron chi connectivity index (χ0n) is 16.2. The molecule has 29 heavy (non-hydrogen) atoms. The van der Waals surface area contributed by atoms with Gasteiger partial charge in [-0.2, -0.15) is 0 Å². The lowest BCUT2D eigenvalue weighted by Crippen LogP contribution is -2.31. The number of nitrogens with one attached hydrogen (secondary N) is 1. The molecule has 0 aliphatic carbocycles. The number of nitrogens with zero attached hydrogens (tertiary/aromatic N) is 1. The van der Waals surface area contributed by atoms with Gasteiger partial charge in [-0.15, -0.1) is 0 Å². The fourth-order valence-corrected chi connectivity index (χ4v) is 3.58. The van der Waals surface area contributed by atoms with E-state index in [0.29, 0.717) is 17.2 Å². The molecule has 10 heteroatoms. The van der Waals surface area contributed by atoms with Crippen LogP contribution in [0.5, 0.6) is 11.5 Å². The van der Waals surface area contributed by atoms with Gasteiger partial charge in [0.2, 0.25) is 15.9 Å². The normalized spacial score (nSPS) is 11.1. The highest BCUT2D eigenvalue weighted by Crippen LogP contribution is 2.29. The van der Waals surface area contributed by atoms with E-state index >= 15 is 0 Å². The first kappa shape index (κ1) is 22.4. The predicted octanol–water partition coefficient (Wildman–Crippen LogP) is 3.17. The van der Waals surface area contributed by atoms with Crippen molar-refractivity contribution >= 4 is 27.3 Å². The Bertz CT molecular complexity index is 983. The number of ether oxygens (including phenoxy) is 2. The summed E-state index contributed by atoms with van der Waals surface area (Å²) in [5, 5.41) is 2.68. The lowest BCUT2D eigenvalue weighted by Gasteiger charge is -2.22. The number of sulfonamides is 1. The topological polar surface area (TPSA) is 84.9 Å². The monoisotopic (exact) mass is 428 g/mol. The molecule has 0 fully saturated rings. The van der Waals surface area contributed by atoms with Crippen molar-refractivity contribution in [1.29, 1.82) is 0 Å². The number of amides is 1. The van der Waals surface area contributed by atoms with Crippen LogP contribution in [0.1, 0.15) is 12.8 Å². The van der Waals surface area contributed by atoms with Crippen LogP contribution < -0.4 is 19.1 Å². The highest BCUT2D eigenvalue weighted by atomic mass is 32.2. The summed E-state index contributed by atoms with van der Waals surface area (Å²) in [6.07, 6.45) is 1.12. The van der Waals surface area contributed by atoms with Gasteiger partial charge in [0.15, 0.2) is 11.6 Å². The van der Waals surface area contributed by atoms with Crippen molar-refractivity contribution in [3.05, 3.63) is 48.0 Å². The summed E-state index contributed by atoms with van der Waals surface area (Å²) >= 11 is 0. The zero-order valence-corrected chi connectivity index (χ0v) is 17.1. The summed E-state index contributed by atoms with van der Waals surface area (Å²) in [6, 6.07) is 7.72. The Morgan fingerprint density at radius 1 is 1.07 bits per heavy atom. The Morgan fingerprint density at radius 2 is 1.79 bits per heavy atom. The van der Waals surface area contributed by atoms with E-state index in [1.54, 1.807) is 18.2 Å². The maximum absolute atomic E-state index is 13.5. The van der Waals surface area contributed by atoms with E-state index in [4.69, 9.17) is 9.47 Å². The van der Waals surface area contributed by atoms with Crippen LogP contribution in [-0.4, -0.2) is 41.3 Å². The molecule has 0 atom stereocenters. The summed E-state index contributed by atoms with van der Waals surface area (Å²) in [5.41, 5.74) is 0.433. The van der Waals surface area contributed by atoms with Crippen molar-refractivity contribution in [3.8, 4) is 11.5 Å². The van der Waals surface area contributed by atoms with Gasteiger partial charge < -0.3 is 14.8 Å². The third-order valence-electron chi connectivity index (χ3n) is 4.04. The Labute approximate surface area is 168 Å². The predicted molar refractivity (Wildman–Crippen MR) is 106 cm³/mol. The van der Waals surface area contributed by atoms with Gasteiger partial charge in [-0.05, 0) is 30.7 Å². The Hall–Kier alpha value is -2.88. The standard InChI is InChI=1S/C19H22F2N2O5S/c1-27-14-7-9-17(18(12-14)28-2)22-19(24)5-4-10-23(29(3,25)26)13-6-8-15(20)16(21)11-13/h6-9,11-12H,4-5,10H2,1-3H3,(H,22,24). The van der Waals surface area contributed by atoms with Gasteiger partial charge in [0.1, 0.15) is 11.5 Å². The van der Waals surface area contributed by atoms with E-state index < -0.39 is 21.7 Å². The molecule has 0 saturated heterocycles. The number of halogens is 2. The van der Waals surface area contributed by atoms with Gasteiger partial charge in [-0.1, -0.05) is 0 Å². The molecule has 1 N–H and O–H groups in total. The number of anilines is 2. The molecule has 7 nitrogen and oxygen atoms in total. The van der Waals surface area contributed by atoms with Crippen molar-refractivity contribution in [3.63, 3.8) is 0 Å². The first-order valence-corrected chi connectivity index (χ1v) is 10.4. The summed E-state index contributed by atoms with van der Waals surface area (Å²) in [6.45, 7) is -0.0723. The van der Waals surface area contributed by atoms with Crippen LogP contribution in [0, 0.1) is 11.6 Å². The van der Waals surface area contributed by atoms with E-state index in [-0.39, 0.29) is 31.0 Å². The highest BCUT2D eigenvalue weighted by molar-refractivity contribution is 7.92. The van der Waals surface area contributed by atoms with Crippen molar-refractivity contribution in [2.24, 2.45) is 0 Å². The molecule has 0 unspecified atom stereocenters. The van der Waals surface area contributed by atoms with E-state index in [9.17, 15) is 22.0 Å². The Balaban J connectivity index is 2.02. The molecule has 0 aliphatic heterocycles. The van der Waals surface area contributed by atoms with Crippen LogP contribution in [0.4, 0.5) is 20.2 Å². The van der Waals surface area contributed by atoms with E-state index in [2.05, 4.69) is 5.32 Å². The van der Waals surface area contributed by atoms with E-state index in [1.165, 1.54) is 20.3 Å². The van der Waals surface area contributed by atoms with Crippen LogP contribution in [0.3, 0.4) is 0 Å². The molecule has 2 rings (SSSR count). The molecule has 2 aromatic rings. The number of carbonyl (C=O) groups is 1. The van der Waals surface area contributed by atoms with Crippen LogP contribution in [0.15, 0.2) is 36.4 Å². The molecule has 0 aliphatic rings. The van der Waals surface area contributed by atoms with Crippen LogP contribution >= 0.6 is 0 Å². The summed E-state index contributed by atoms with van der Waals surface area (Å²) < 4.78 is 61.8. The van der Waals surface area contributed by atoms with Gasteiger partial charge in [-0.25, -0.2) is 17.2 Å². The average Bonchev–Trinajstić information content (AvgIpc) is 2.67. The first-order chi connectivity index (χ1) is 13.7. The Morgan fingerprint density at radius 3 is 2.38 bits per heavy atom. The Kier molecular flexibility index (Phi) is 7.38. The lowest BCUT2D eigenvalue weighted by molar-refractivity contribution is -0.116. The van der Waals surface area contributed by atoms with Crippen molar-refractivity contribution < 1.29 is 31.5 Å². The van der Waals surface area contributed by atoms with Crippen molar-refractivity contribution in [2.45, 2.75) is 12.8 Å². The smallest absolute Gasteiger partial charge is 0.232 e. The molecule has 1 amide bonds. The number of methoxy groups -OCH3 is 2. The van der Waals surface area contributed by atoms with Crippen LogP contribution in [0.25, 0.3) is 0 Å². The second kappa shape index (κ2) is 9.55. The fraction of sp³-hybridized carbons (Fsp3) is 0.316. The average molecular weight is 428 g/mol. The molecule has 2 aromatic carbocycles. The maximum atomic E-state index is 13.5. The molecule has 0 bridgehead atoms. The van der Waals surface area contributed by atoms with Crippen molar-refractivity contribution in [1.82, 2.24) is 0 Å². The van der Waals surface area contributed by atoms with Crippen LogP contribution in [0.2, 0.25) is 0 Å².